The molecule has 0 saturated heterocycles. The molecule has 0 bridgehead atoms. The quantitative estimate of drug-likeness (QED) is 0.803. The van der Waals surface area contributed by atoms with E-state index in [1.54, 1.807) is 6.08 Å². The minimum atomic E-state index is 0.504. The summed E-state index contributed by atoms with van der Waals surface area (Å²) in [6.07, 6.45) is 1.76. The lowest BCUT2D eigenvalue weighted by Crippen LogP contribution is -1.94. The van der Waals surface area contributed by atoms with Crippen molar-refractivity contribution >= 4 is 27.5 Å². The molecule has 0 saturated carbocycles. The Morgan fingerprint density at radius 2 is 1.93 bits per heavy atom. The van der Waals surface area contributed by atoms with Gasteiger partial charge in [-0.05, 0) is 43.2 Å². The summed E-state index contributed by atoms with van der Waals surface area (Å²) in [5.41, 5.74) is 3.81. The number of hydrogen-bond donors (Lipinski definition) is 0. The smallest absolute Gasteiger partial charge is 0.120 e. The molecule has 1 aromatic carbocycles. The van der Waals surface area contributed by atoms with Gasteiger partial charge in [0.15, 0.2) is 0 Å². The molecule has 0 spiro atoms. The fourth-order valence-corrected chi connectivity index (χ4v) is 1.47. The maximum absolute atomic E-state index is 5.47. The Morgan fingerprint density at radius 3 is 2.43 bits per heavy atom. The van der Waals surface area contributed by atoms with E-state index in [-0.39, 0.29) is 0 Å². The Balaban J connectivity index is 2.79. The van der Waals surface area contributed by atoms with Crippen LogP contribution in [-0.2, 0) is 0 Å². The van der Waals surface area contributed by atoms with Gasteiger partial charge in [0.25, 0.3) is 0 Å². The van der Waals surface area contributed by atoms with E-state index in [2.05, 4.69) is 15.9 Å². The highest BCUT2D eigenvalue weighted by Gasteiger charge is 2.02. The monoisotopic (exact) mass is 274 g/mol. The van der Waals surface area contributed by atoms with Crippen molar-refractivity contribution in [1.29, 1.82) is 0 Å². The molecule has 14 heavy (non-hydrogen) atoms. The third-order valence-electron chi connectivity index (χ3n) is 1.85. The predicted octanol–water partition coefficient (Wildman–Crippen LogP) is 4.20. The van der Waals surface area contributed by atoms with Crippen LogP contribution < -0.4 is 4.74 Å². The van der Waals surface area contributed by atoms with Crippen LogP contribution in [0.1, 0.15) is 11.1 Å². The Labute approximate surface area is 97.9 Å². The zero-order valence-corrected chi connectivity index (χ0v) is 10.5. The van der Waals surface area contributed by atoms with Crippen LogP contribution >= 0.6 is 27.5 Å². The van der Waals surface area contributed by atoms with Gasteiger partial charge in [0, 0.05) is 10.0 Å². The fourth-order valence-electron chi connectivity index (χ4n) is 1.17. The largest absolute Gasteiger partial charge is 0.489 e. The van der Waals surface area contributed by atoms with Crippen LogP contribution in [0.2, 0.25) is 0 Å². The first kappa shape index (κ1) is 11.6. The molecule has 1 aromatic rings. The average Bonchev–Trinajstić information content (AvgIpc) is 2.14. The van der Waals surface area contributed by atoms with Crippen molar-refractivity contribution < 1.29 is 4.74 Å². The van der Waals surface area contributed by atoms with Gasteiger partial charge in [0.1, 0.15) is 12.4 Å². The second-order valence-corrected chi connectivity index (χ2v) is 4.09. The Kier molecular flexibility index (Phi) is 4.49. The van der Waals surface area contributed by atoms with Crippen LogP contribution in [0.3, 0.4) is 0 Å². The van der Waals surface area contributed by atoms with E-state index in [1.807, 2.05) is 26.0 Å². The molecular formula is C11H12BrClO. The van der Waals surface area contributed by atoms with Crippen LogP contribution in [0.5, 0.6) is 5.75 Å². The van der Waals surface area contributed by atoms with Gasteiger partial charge in [-0.3, -0.25) is 0 Å². The van der Waals surface area contributed by atoms with Crippen molar-refractivity contribution in [2.75, 3.05) is 6.61 Å². The molecule has 0 heterocycles. The molecule has 0 atom stereocenters. The zero-order chi connectivity index (χ0) is 10.6. The second-order valence-electron chi connectivity index (χ2n) is 3.04. The Hall–Kier alpha value is -0.470. The van der Waals surface area contributed by atoms with Gasteiger partial charge >= 0.3 is 0 Å². The van der Waals surface area contributed by atoms with E-state index in [9.17, 15) is 0 Å². The highest BCUT2D eigenvalue weighted by Crippen LogP contribution is 2.26. The second kappa shape index (κ2) is 5.42. The maximum Gasteiger partial charge on any atom is 0.120 e. The Morgan fingerprint density at radius 1 is 1.36 bits per heavy atom. The van der Waals surface area contributed by atoms with Gasteiger partial charge < -0.3 is 4.74 Å². The maximum atomic E-state index is 5.47. The van der Waals surface area contributed by atoms with Crippen LogP contribution in [0.25, 0.3) is 0 Å². The van der Waals surface area contributed by atoms with E-state index >= 15 is 0 Å². The number of hydrogen-bond acceptors (Lipinski definition) is 1. The van der Waals surface area contributed by atoms with Crippen LogP contribution in [0.15, 0.2) is 28.2 Å². The van der Waals surface area contributed by atoms with E-state index in [0.29, 0.717) is 6.61 Å². The van der Waals surface area contributed by atoms with Crippen molar-refractivity contribution in [3.05, 3.63) is 39.3 Å². The van der Waals surface area contributed by atoms with Crippen molar-refractivity contribution in [3.63, 3.8) is 0 Å². The van der Waals surface area contributed by atoms with Gasteiger partial charge in [-0.1, -0.05) is 27.5 Å². The fraction of sp³-hybridized carbons (Fsp3) is 0.273. The van der Waals surface area contributed by atoms with Crippen molar-refractivity contribution in [2.24, 2.45) is 0 Å². The van der Waals surface area contributed by atoms with Crippen molar-refractivity contribution in [2.45, 2.75) is 13.8 Å². The molecule has 0 aliphatic rings. The van der Waals surface area contributed by atoms with E-state index < -0.39 is 0 Å². The highest BCUT2D eigenvalue weighted by molar-refractivity contribution is 9.10. The molecule has 0 fully saturated rings. The standard InChI is InChI=1S/C11H12BrClO/c1-8-6-10(14-5-3-4-13)7-9(2)11(8)12/h3-4,6-7H,5H2,1-2H3/b4-3+. The zero-order valence-electron chi connectivity index (χ0n) is 8.18. The summed E-state index contributed by atoms with van der Waals surface area (Å²) in [7, 11) is 0. The highest BCUT2D eigenvalue weighted by atomic mass is 79.9. The molecule has 0 radical (unpaired) electrons. The lowest BCUT2D eigenvalue weighted by Gasteiger charge is -2.08. The average molecular weight is 276 g/mol. The number of halogens is 2. The summed E-state index contributed by atoms with van der Waals surface area (Å²) in [5.74, 6) is 0.873. The summed E-state index contributed by atoms with van der Waals surface area (Å²) in [6.45, 7) is 4.59. The predicted molar refractivity (Wildman–Crippen MR) is 64.1 cm³/mol. The summed E-state index contributed by atoms with van der Waals surface area (Å²) in [5, 5.41) is 0. The van der Waals surface area contributed by atoms with Gasteiger partial charge in [-0.15, -0.1) is 0 Å². The molecule has 0 aromatic heterocycles. The minimum absolute atomic E-state index is 0.504. The summed E-state index contributed by atoms with van der Waals surface area (Å²) in [6, 6.07) is 4.00. The molecule has 3 heteroatoms. The third-order valence-corrected chi connectivity index (χ3v) is 3.27. The van der Waals surface area contributed by atoms with Crippen LogP contribution in [0, 0.1) is 13.8 Å². The molecule has 1 rings (SSSR count). The van der Waals surface area contributed by atoms with Gasteiger partial charge in [-0.25, -0.2) is 0 Å². The molecule has 0 N–H and O–H groups in total. The van der Waals surface area contributed by atoms with Crippen LogP contribution in [-0.4, -0.2) is 6.61 Å². The summed E-state index contributed by atoms with van der Waals surface area (Å²) >= 11 is 8.89. The number of benzene rings is 1. The molecule has 76 valence electrons. The number of aryl methyl sites for hydroxylation is 2. The number of rotatable bonds is 3. The molecule has 0 unspecified atom stereocenters. The SMILES string of the molecule is Cc1cc(OC/C=C/Cl)cc(C)c1Br. The lowest BCUT2D eigenvalue weighted by atomic mass is 10.1. The van der Waals surface area contributed by atoms with E-state index in [1.165, 1.54) is 16.7 Å². The summed E-state index contributed by atoms with van der Waals surface area (Å²) < 4.78 is 6.61. The lowest BCUT2D eigenvalue weighted by molar-refractivity contribution is 0.362. The first-order valence-corrected chi connectivity index (χ1v) is 5.53. The van der Waals surface area contributed by atoms with E-state index in [4.69, 9.17) is 16.3 Å². The molecular weight excluding hydrogens is 263 g/mol. The first-order valence-electron chi connectivity index (χ1n) is 4.30. The normalized spacial score (nSPS) is 10.9. The van der Waals surface area contributed by atoms with Crippen LogP contribution in [0.4, 0.5) is 0 Å². The van der Waals surface area contributed by atoms with Crippen molar-refractivity contribution in [1.82, 2.24) is 0 Å². The van der Waals surface area contributed by atoms with Gasteiger partial charge in [0.05, 0.1) is 0 Å². The third kappa shape index (κ3) is 3.03. The molecule has 0 aliphatic heterocycles. The first-order chi connectivity index (χ1) is 6.65. The van der Waals surface area contributed by atoms with Gasteiger partial charge in [0.2, 0.25) is 0 Å². The Bertz CT molecular complexity index is 324. The molecule has 0 amide bonds. The van der Waals surface area contributed by atoms with Gasteiger partial charge in [-0.2, -0.15) is 0 Å². The molecule has 0 aliphatic carbocycles. The number of ether oxygens (including phenoxy) is 1. The van der Waals surface area contributed by atoms with E-state index in [0.717, 1.165) is 10.2 Å². The summed E-state index contributed by atoms with van der Waals surface area (Å²) in [4.78, 5) is 0. The minimum Gasteiger partial charge on any atom is -0.489 e. The molecule has 1 nitrogen and oxygen atoms in total. The topological polar surface area (TPSA) is 9.23 Å². The van der Waals surface area contributed by atoms with Crippen molar-refractivity contribution in [3.8, 4) is 5.75 Å².